The smallest absolute Gasteiger partial charge is 0.871 e. The Balaban J connectivity index is 0.00000242. The minimum Gasteiger partial charge on any atom is -0.871 e. The predicted molar refractivity (Wildman–Crippen MR) is 66.5 cm³/mol. The van der Waals surface area contributed by atoms with Gasteiger partial charge in [-0.15, -0.1) is 0 Å². The van der Waals surface area contributed by atoms with E-state index in [4.69, 9.17) is 0 Å². The molecule has 1 heterocycles. The van der Waals surface area contributed by atoms with E-state index in [1.54, 1.807) is 24.3 Å². The summed E-state index contributed by atoms with van der Waals surface area (Å²) in [5, 5.41) is 33.6. The Bertz CT molecular complexity index is 676. The summed E-state index contributed by atoms with van der Waals surface area (Å²) < 4.78 is 0. The predicted octanol–water partition coefficient (Wildman–Crippen LogP) is -2.39. The molecule has 0 N–H and O–H groups in total. The fourth-order valence-electron chi connectivity index (χ4n) is 2.01. The number of hydrogen-bond donors (Lipinski definition) is 0. The molecular formula is C14H11FeN2O5. The molecule has 7 nitrogen and oxygen atoms in total. The quantitative estimate of drug-likeness (QED) is 0.537. The second kappa shape index (κ2) is 7.74. The van der Waals surface area contributed by atoms with E-state index in [0.717, 1.165) is 4.90 Å². The number of carbonyl (C=O) groups is 2. The van der Waals surface area contributed by atoms with Gasteiger partial charge in [-0.2, -0.15) is 0 Å². The maximum absolute atomic E-state index is 11.7. The van der Waals surface area contributed by atoms with Gasteiger partial charge in [-0.1, -0.05) is 30.0 Å². The average Bonchev–Trinajstić information content (AvgIpc) is 2.38. The summed E-state index contributed by atoms with van der Waals surface area (Å²) in [7, 11) is 0. The minimum atomic E-state index is -1.40. The molecular weight excluding hydrogens is 332 g/mol. The fraction of sp³-hybridized carbons (Fsp3) is 0.214. The summed E-state index contributed by atoms with van der Waals surface area (Å²) in [6.07, 6.45) is 0. The number of hydrogen-bond acceptors (Lipinski definition) is 7. The van der Waals surface area contributed by atoms with Crippen LogP contribution in [0.25, 0.3) is 10.9 Å². The van der Waals surface area contributed by atoms with E-state index in [9.17, 15) is 24.9 Å². The zero-order valence-corrected chi connectivity index (χ0v) is 12.4. The number of pyridine rings is 1. The first-order valence-corrected chi connectivity index (χ1v) is 6.13. The molecule has 22 heavy (non-hydrogen) atoms. The maximum atomic E-state index is 11.7. The van der Waals surface area contributed by atoms with E-state index in [0.29, 0.717) is 11.1 Å². The molecule has 0 amide bonds. The standard InChI is InChI=1S/C14H14N2O5.Fe/c17-11-3-1-2-9-4-5-10(15-14(9)11)6-16(7-12(18)19)8-13(20)21;/h1-5,17H,6-8H2,(H,18,19)(H,20,21);/q;+3/p-3. The van der Waals surface area contributed by atoms with Gasteiger partial charge < -0.3 is 24.9 Å². The van der Waals surface area contributed by atoms with Crippen LogP contribution >= 0.6 is 0 Å². The van der Waals surface area contributed by atoms with Crippen molar-refractivity contribution in [3.8, 4) is 5.75 Å². The number of fused-ring (bicyclic) bond motifs is 1. The van der Waals surface area contributed by atoms with Crippen molar-refractivity contribution in [2.75, 3.05) is 13.1 Å². The third-order valence-electron chi connectivity index (χ3n) is 2.83. The topological polar surface area (TPSA) is 119 Å². The van der Waals surface area contributed by atoms with Crippen LogP contribution in [0.5, 0.6) is 5.75 Å². The summed E-state index contributed by atoms with van der Waals surface area (Å²) in [5.41, 5.74) is 0.658. The largest absolute Gasteiger partial charge is 3.00 e. The molecule has 1 radical (unpaired) electrons. The van der Waals surface area contributed by atoms with E-state index in [1.165, 1.54) is 6.07 Å². The van der Waals surface area contributed by atoms with E-state index >= 15 is 0 Å². The Kier molecular flexibility index (Phi) is 6.30. The van der Waals surface area contributed by atoms with Crippen molar-refractivity contribution in [3.63, 3.8) is 0 Å². The molecule has 0 unspecified atom stereocenters. The van der Waals surface area contributed by atoms with Crippen LogP contribution < -0.4 is 15.3 Å². The summed E-state index contributed by atoms with van der Waals surface area (Å²) in [4.78, 5) is 26.5. The zero-order valence-electron chi connectivity index (χ0n) is 11.3. The number of benzene rings is 1. The number of aliphatic carboxylic acids is 2. The number of carboxylic acid groups (broad SMARTS) is 2. The summed E-state index contributed by atoms with van der Waals surface area (Å²) in [5.74, 6) is -3.05. The van der Waals surface area contributed by atoms with Gasteiger partial charge in [0.25, 0.3) is 0 Å². The van der Waals surface area contributed by atoms with E-state index in [2.05, 4.69) is 4.98 Å². The Hall–Kier alpha value is -2.15. The van der Waals surface area contributed by atoms with Crippen molar-refractivity contribution in [1.82, 2.24) is 9.88 Å². The molecule has 0 atom stereocenters. The fourth-order valence-corrected chi connectivity index (χ4v) is 2.01. The first-order chi connectivity index (χ1) is 9.95. The molecule has 0 aliphatic rings. The van der Waals surface area contributed by atoms with Gasteiger partial charge in [0.2, 0.25) is 0 Å². The number of carboxylic acids is 2. The normalized spacial score (nSPS) is 10.4. The molecule has 1 aromatic heterocycles. The Labute approximate surface area is 136 Å². The first kappa shape index (κ1) is 17.9. The zero-order chi connectivity index (χ0) is 15.4. The molecule has 8 heteroatoms. The SMILES string of the molecule is O=C([O-])CN(CC(=O)[O-])Cc1ccc2cccc([O-])c2n1.[Fe+3]. The second-order valence-electron chi connectivity index (χ2n) is 4.52. The van der Waals surface area contributed by atoms with Gasteiger partial charge in [-0.25, -0.2) is 0 Å². The second-order valence-corrected chi connectivity index (χ2v) is 4.52. The van der Waals surface area contributed by atoms with Crippen LogP contribution in [0, 0.1) is 0 Å². The molecule has 0 saturated carbocycles. The van der Waals surface area contributed by atoms with Gasteiger partial charge in [-0.3, -0.25) is 9.88 Å². The van der Waals surface area contributed by atoms with Crippen molar-refractivity contribution in [2.45, 2.75) is 6.54 Å². The van der Waals surface area contributed by atoms with Crippen LogP contribution in [-0.4, -0.2) is 34.9 Å². The van der Waals surface area contributed by atoms with Gasteiger partial charge in [0.05, 0.1) is 23.1 Å². The molecule has 0 saturated heterocycles. The number of nitrogens with zero attached hydrogens (tertiary/aromatic N) is 2. The van der Waals surface area contributed by atoms with Gasteiger partial charge in [-0.05, 0) is 11.5 Å². The van der Waals surface area contributed by atoms with E-state index in [-0.39, 0.29) is 34.9 Å². The van der Waals surface area contributed by atoms with Crippen LogP contribution in [0.15, 0.2) is 30.3 Å². The maximum Gasteiger partial charge on any atom is 3.00 e. The van der Waals surface area contributed by atoms with Gasteiger partial charge in [0.15, 0.2) is 0 Å². The Morgan fingerprint density at radius 3 is 2.27 bits per heavy atom. The summed E-state index contributed by atoms with van der Waals surface area (Å²) in [6, 6.07) is 8.01. The number of aromatic nitrogens is 1. The van der Waals surface area contributed by atoms with Crippen LogP contribution in [0.1, 0.15) is 5.69 Å². The monoisotopic (exact) mass is 343 g/mol. The Morgan fingerprint density at radius 2 is 1.68 bits per heavy atom. The number of carbonyl (C=O) groups excluding carboxylic acids is 2. The first-order valence-electron chi connectivity index (χ1n) is 6.13. The van der Waals surface area contributed by atoms with Crippen molar-refractivity contribution < 1.29 is 42.0 Å². The minimum absolute atomic E-state index is 0. The molecule has 1 aromatic carbocycles. The van der Waals surface area contributed by atoms with Crippen LogP contribution in [0.2, 0.25) is 0 Å². The van der Waals surface area contributed by atoms with E-state index < -0.39 is 25.0 Å². The molecule has 0 spiro atoms. The van der Waals surface area contributed by atoms with Gasteiger partial charge in [0.1, 0.15) is 0 Å². The summed E-state index contributed by atoms with van der Waals surface area (Å²) in [6.45, 7) is -1.16. The van der Waals surface area contributed by atoms with Crippen LogP contribution in [0.4, 0.5) is 0 Å². The molecule has 2 aromatic rings. The van der Waals surface area contributed by atoms with Crippen molar-refractivity contribution in [2.24, 2.45) is 0 Å². The van der Waals surface area contributed by atoms with E-state index in [1.807, 2.05) is 0 Å². The van der Waals surface area contributed by atoms with Crippen LogP contribution in [0.3, 0.4) is 0 Å². The van der Waals surface area contributed by atoms with Gasteiger partial charge in [0, 0.05) is 19.6 Å². The third-order valence-corrected chi connectivity index (χ3v) is 2.83. The third kappa shape index (κ3) is 4.70. The average molecular weight is 343 g/mol. The van der Waals surface area contributed by atoms with Crippen molar-refractivity contribution >= 4 is 22.8 Å². The molecule has 2 rings (SSSR count). The Morgan fingerprint density at radius 1 is 1.05 bits per heavy atom. The molecule has 115 valence electrons. The number of rotatable bonds is 6. The molecule has 0 fully saturated rings. The molecule has 0 bridgehead atoms. The van der Waals surface area contributed by atoms with Crippen molar-refractivity contribution in [1.29, 1.82) is 0 Å². The number of para-hydroxylation sites is 1. The molecule has 0 aliphatic carbocycles. The van der Waals surface area contributed by atoms with Gasteiger partial charge >= 0.3 is 17.1 Å². The molecule has 0 aliphatic heterocycles. The summed E-state index contributed by atoms with van der Waals surface area (Å²) >= 11 is 0. The van der Waals surface area contributed by atoms with Crippen LogP contribution in [-0.2, 0) is 33.2 Å². The van der Waals surface area contributed by atoms with Crippen molar-refractivity contribution in [3.05, 3.63) is 36.0 Å².